The lowest BCUT2D eigenvalue weighted by atomic mass is 10.3. The lowest BCUT2D eigenvalue weighted by molar-refractivity contribution is 0.0774. The number of aryl methyl sites for hydroxylation is 1. The highest BCUT2D eigenvalue weighted by molar-refractivity contribution is 9.11. The number of hydrogen-bond donors (Lipinski definition) is 0. The van der Waals surface area contributed by atoms with E-state index >= 15 is 0 Å². The fraction of sp³-hybridized carbons (Fsp3) is 0.286. The molecule has 0 aliphatic carbocycles. The fourth-order valence-electron chi connectivity index (χ4n) is 2.29. The van der Waals surface area contributed by atoms with Crippen molar-refractivity contribution >= 4 is 43.4 Å². The van der Waals surface area contributed by atoms with Gasteiger partial charge in [-0.25, -0.2) is 9.50 Å². The monoisotopic (exact) mass is 440 g/mol. The molecule has 1 amide bonds. The molecule has 0 radical (unpaired) electrons. The molecule has 9 heteroatoms. The number of amides is 1. The Labute approximate surface area is 149 Å². The number of carbonyl (C=O) groups excluding carboxylic acids is 1. The smallest absolute Gasteiger partial charge is 0.275 e. The lowest BCUT2D eigenvalue weighted by Crippen LogP contribution is -2.28. The molecule has 0 aliphatic heterocycles. The average Bonchev–Trinajstić information content (AvgIpc) is 3.08. The van der Waals surface area contributed by atoms with Gasteiger partial charge >= 0.3 is 0 Å². The van der Waals surface area contributed by atoms with E-state index in [-0.39, 0.29) is 5.91 Å². The van der Waals surface area contributed by atoms with Gasteiger partial charge in [0.25, 0.3) is 5.91 Å². The zero-order chi connectivity index (χ0) is 16.6. The predicted octanol–water partition coefficient (Wildman–Crippen LogP) is 2.74. The summed E-state index contributed by atoms with van der Waals surface area (Å²) in [7, 11) is 1.74. The summed E-state index contributed by atoms with van der Waals surface area (Å²) >= 11 is 6.90. The minimum Gasteiger partial charge on any atom is -0.334 e. The highest BCUT2D eigenvalue weighted by Gasteiger charge is 2.23. The third kappa shape index (κ3) is 2.90. The third-order valence-corrected chi connectivity index (χ3v) is 4.87. The third-order valence-electron chi connectivity index (χ3n) is 3.47. The first-order valence-electron chi connectivity index (χ1n) is 6.97. The Kier molecular flexibility index (Phi) is 4.49. The molecule has 3 aromatic rings. The first kappa shape index (κ1) is 16.1. The molecule has 0 saturated heterocycles. The molecule has 0 N–H and O–H groups in total. The fourth-order valence-corrected chi connectivity index (χ4v) is 3.24. The number of hydrogen-bond acceptors (Lipinski definition) is 4. The van der Waals surface area contributed by atoms with Crippen molar-refractivity contribution in [2.24, 2.45) is 0 Å². The lowest BCUT2D eigenvalue weighted by Gasteiger charge is -2.17. The van der Waals surface area contributed by atoms with Crippen molar-refractivity contribution in [3.05, 3.63) is 45.0 Å². The zero-order valence-corrected chi connectivity index (χ0v) is 15.7. The van der Waals surface area contributed by atoms with Crippen LogP contribution in [0.3, 0.4) is 0 Å². The van der Waals surface area contributed by atoms with E-state index in [1.165, 1.54) is 0 Å². The van der Waals surface area contributed by atoms with Gasteiger partial charge < -0.3 is 4.90 Å². The van der Waals surface area contributed by atoms with E-state index < -0.39 is 0 Å². The number of rotatable bonds is 4. The summed E-state index contributed by atoms with van der Waals surface area (Å²) in [4.78, 5) is 18.6. The molecule has 0 saturated carbocycles. The topological polar surface area (TPSA) is 68.3 Å². The summed E-state index contributed by atoms with van der Waals surface area (Å²) < 4.78 is 4.92. The van der Waals surface area contributed by atoms with E-state index in [0.29, 0.717) is 22.4 Å². The van der Waals surface area contributed by atoms with Crippen molar-refractivity contribution in [1.82, 2.24) is 29.3 Å². The van der Waals surface area contributed by atoms with Crippen molar-refractivity contribution in [2.75, 3.05) is 7.05 Å². The van der Waals surface area contributed by atoms with Crippen molar-refractivity contribution in [1.29, 1.82) is 0 Å². The standard InChI is InChI=1S/C14H14Br2N6O/c1-3-21-10(9(15)7-18-21)8-20(2)14(23)12-11(16)13-17-5-4-6-22(13)19-12/h4-7H,3,8H2,1-2H3. The second-order valence-corrected chi connectivity index (χ2v) is 6.61. The molecule has 0 unspecified atom stereocenters. The van der Waals surface area contributed by atoms with Crippen LogP contribution < -0.4 is 0 Å². The van der Waals surface area contributed by atoms with Crippen LogP contribution in [-0.2, 0) is 13.1 Å². The van der Waals surface area contributed by atoms with Crippen LogP contribution in [0.2, 0.25) is 0 Å². The first-order chi connectivity index (χ1) is 11.0. The van der Waals surface area contributed by atoms with E-state index in [1.54, 1.807) is 41.1 Å². The molecule has 0 aliphatic rings. The summed E-state index contributed by atoms with van der Waals surface area (Å²) in [5.41, 5.74) is 1.90. The maximum Gasteiger partial charge on any atom is 0.275 e. The largest absolute Gasteiger partial charge is 0.334 e. The van der Waals surface area contributed by atoms with Gasteiger partial charge in [0.2, 0.25) is 0 Å². The molecule has 0 bridgehead atoms. The highest BCUT2D eigenvalue weighted by Crippen LogP contribution is 2.23. The van der Waals surface area contributed by atoms with E-state index in [0.717, 1.165) is 16.7 Å². The number of carbonyl (C=O) groups is 1. The Morgan fingerprint density at radius 3 is 2.87 bits per heavy atom. The van der Waals surface area contributed by atoms with Gasteiger partial charge in [-0.3, -0.25) is 9.48 Å². The molecule has 3 rings (SSSR count). The van der Waals surface area contributed by atoms with Gasteiger partial charge in [-0.15, -0.1) is 0 Å². The Bertz CT molecular complexity index is 871. The van der Waals surface area contributed by atoms with Crippen LogP contribution in [0.4, 0.5) is 0 Å². The molecule has 0 aromatic carbocycles. The Balaban J connectivity index is 1.89. The van der Waals surface area contributed by atoms with Crippen LogP contribution in [0, 0.1) is 0 Å². The summed E-state index contributed by atoms with van der Waals surface area (Å²) in [5.74, 6) is -0.182. The zero-order valence-electron chi connectivity index (χ0n) is 12.6. The average molecular weight is 442 g/mol. The van der Waals surface area contributed by atoms with Crippen LogP contribution in [-0.4, -0.2) is 42.2 Å². The maximum absolute atomic E-state index is 12.7. The van der Waals surface area contributed by atoms with Gasteiger partial charge in [0.1, 0.15) is 0 Å². The van der Waals surface area contributed by atoms with Gasteiger partial charge in [-0.05, 0) is 44.8 Å². The van der Waals surface area contributed by atoms with Gasteiger partial charge in [0.05, 0.1) is 27.4 Å². The summed E-state index contributed by atoms with van der Waals surface area (Å²) in [6, 6.07) is 1.77. The van der Waals surface area contributed by atoms with Crippen molar-refractivity contribution in [3.8, 4) is 0 Å². The molecule has 120 valence electrons. The highest BCUT2D eigenvalue weighted by atomic mass is 79.9. The van der Waals surface area contributed by atoms with Gasteiger partial charge in [0.15, 0.2) is 11.3 Å². The van der Waals surface area contributed by atoms with E-state index in [9.17, 15) is 4.79 Å². The molecule has 0 atom stereocenters. The van der Waals surface area contributed by atoms with E-state index in [2.05, 4.69) is 47.0 Å². The Morgan fingerprint density at radius 2 is 2.17 bits per heavy atom. The summed E-state index contributed by atoms with van der Waals surface area (Å²) in [5, 5.41) is 8.57. The van der Waals surface area contributed by atoms with Gasteiger partial charge in [0, 0.05) is 26.0 Å². The van der Waals surface area contributed by atoms with Crippen LogP contribution in [0.5, 0.6) is 0 Å². The number of fused-ring (bicyclic) bond motifs is 1. The molecule has 3 aromatic heterocycles. The molecular formula is C14H14Br2N6O. The SMILES string of the molecule is CCn1ncc(Br)c1CN(C)C(=O)c1nn2cccnc2c1Br. The van der Waals surface area contributed by atoms with Crippen LogP contribution >= 0.6 is 31.9 Å². The van der Waals surface area contributed by atoms with E-state index in [4.69, 9.17) is 0 Å². The van der Waals surface area contributed by atoms with Crippen molar-refractivity contribution in [3.63, 3.8) is 0 Å². The van der Waals surface area contributed by atoms with Crippen LogP contribution in [0.15, 0.2) is 33.6 Å². The molecule has 7 nitrogen and oxygen atoms in total. The number of aromatic nitrogens is 5. The van der Waals surface area contributed by atoms with Gasteiger partial charge in [-0.1, -0.05) is 0 Å². The summed E-state index contributed by atoms with van der Waals surface area (Å²) in [6.07, 6.45) is 5.16. The minimum absolute atomic E-state index is 0.182. The maximum atomic E-state index is 12.7. The number of halogens is 2. The van der Waals surface area contributed by atoms with Crippen LogP contribution in [0.25, 0.3) is 5.65 Å². The van der Waals surface area contributed by atoms with E-state index in [1.807, 2.05) is 11.6 Å². The molecule has 0 spiro atoms. The second kappa shape index (κ2) is 6.40. The normalized spacial score (nSPS) is 11.1. The molecule has 0 fully saturated rings. The molecule has 23 heavy (non-hydrogen) atoms. The molecule has 3 heterocycles. The summed E-state index contributed by atoms with van der Waals surface area (Å²) in [6.45, 7) is 3.18. The first-order valence-corrected chi connectivity index (χ1v) is 8.56. The Hall–Kier alpha value is -1.74. The quantitative estimate of drug-likeness (QED) is 0.624. The van der Waals surface area contributed by atoms with Crippen molar-refractivity contribution < 1.29 is 4.79 Å². The van der Waals surface area contributed by atoms with Crippen molar-refractivity contribution in [2.45, 2.75) is 20.0 Å². The molecular weight excluding hydrogens is 428 g/mol. The number of nitrogens with zero attached hydrogens (tertiary/aromatic N) is 6. The minimum atomic E-state index is -0.182. The predicted molar refractivity (Wildman–Crippen MR) is 92.1 cm³/mol. The second-order valence-electron chi connectivity index (χ2n) is 4.97. The van der Waals surface area contributed by atoms with Crippen LogP contribution in [0.1, 0.15) is 23.1 Å². The Morgan fingerprint density at radius 1 is 1.39 bits per heavy atom. The van der Waals surface area contributed by atoms with Gasteiger partial charge in [-0.2, -0.15) is 10.2 Å².